The van der Waals surface area contributed by atoms with Gasteiger partial charge < -0.3 is 31.1 Å². The van der Waals surface area contributed by atoms with Crippen molar-refractivity contribution in [2.24, 2.45) is 0 Å². The van der Waals surface area contributed by atoms with Crippen molar-refractivity contribution in [3.63, 3.8) is 0 Å². The summed E-state index contributed by atoms with van der Waals surface area (Å²) in [5, 5.41) is 27.1. The highest BCUT2D eigenvalue weighted by atomic mass is 16.4. The highest BCUT2D eigenvalue weighted by molar-refractivity contribution is 5.94. The van der Waals surface area contributed by atoms with Crippen LogP contribution in [0.2, 0.25) is 0 Å². The zero-order valence-corrected chi connectivity index (χ0v) is 15.6. The van der Waals surface area contributed by atoms with Gasteiger partial charge in [0.05, 0.1) is 12.1 Å². The standard InChI is InChI=1S/C17H28N4O6/c1-9(16(25)21-8-4-6-12(21)17(26)27)19-15(24)13(10(2)22)20-14(23)11-5-3-7-18-11/h9-13,18,22H,3-8H2,1-2H3,(H,19,24)(H,20,23)(H,26,27)/t9-,10+,11-,12-,13-/m0/s1. The lowest BCUT2D eigenvalue weighted by Gasteiger charge is -2.28. The molecule has 5 atom stereocenters. The Labute approximate surface area is 157 Å². The molecule has 0 aliphatic carbocycles. The number of carbonyl (C=O) groups excluding carboxylic acids is 3. The van der Waals surface area contributed by atoms with Gasteiger partial charge in [-0.2, -0.15) is 0 Å². The topological polar surface area (TPSA) is 148 Å². The Kier molecular flexibility index (Phi) is 7.14. The largest absolute Gasteiger partial charge is 0.480 e. The molecule has 0 radical (unpaired) electrons. The minimum Gasteiger partial charge on any atom is -0.480 e. The predicted octanol–water partition coefficient (Wildman–Crippen LogP) is -1.82. The van der Waals surface area contributed by atoms with E-state index in [4.69, 9.17) is 0 Å². The molecule has 2 saturated heterocycles. The number of likely N-dealkylation sites (tertiary alicyclic amines) is 1. The highest BCUT2D eigenvalue weighted by Crippen LogP contribution is 2.18. The number of aliphatic hydroxyl groups is 1. The molecule has 2 aliphatic rings. The Morgan fingerprint density at radius 2 is 1.81 bits per heavy atom. The van der Waals surface area contributed by atoms with E-state index in [1.165, 1.54) is 18.7 Å². The molecular weight excluding hydrogens is 356 g/mol. The third-order valence-corrected chi connectivity index (χ3v) is 4.99. The number of carboxylic acid groups (broad SMARTS) is 1. The fraction of sp³-hybridized carbons (Fsp3) is 0.765. The minimum absolute atomic E-state index is 0.319. The lowest BCUT2D eigenvalue weighted by molar-refractivity contribution is -0.149. The maximum absolute atomic E-state index is 12.5. The summed E-state index contributed by atoms with van der Waals surface area (Å²) in [5.74, 6) is -2.64. The summed E-state index contributed by atoms with van der Waals surface area (Å²) in [6.07, 6.45) is 1.32. The molecule has 2 rings (SSSR count). The molecule has 2 fully saturated rings. The van der Waals surface area contributed by atoms with Gasteiger partial charge in [-0.15, -0.1) is 0 Å². The van der Waals surface area contributed by atoms with Gasteiger partial charge in [0.15, 0.2) is 0 Å². The number of hydrogen-bond donors (Lipinski definition) is 5. The first-order chi connectivity index (χ1) is 12.7. The van der Waals surface area contributed by atoms with Gasteiger partial charge in [-0.25, -0.2) is 4.79 Å². The maximum Gasteiger partial charge on any atom is 0.326 e. The van der Waals surface area contributed by atoms with Crippen LogP contribution < -0.4 is 16.0 Å². The summed E-state index contributed by atoms with van der Waals surface area (Å²) in [6.45, 7) is 3.87. The second kappa shape index (κ2) is 9.14. The Morgan fingerprint density at radius 1 is 1.11 bits per heavy atom. The van der Waals surface area contributed by atoms with Gasteiger partial charge in [0.25, 0.3) is 0 Å². The van der Waals surface area contributed by atoms with Crippen molar-refractivity contribution in [2.45, 2.75) is 69.8 Å². The molecule has 10 heteroatoms. The van der Waals surface area contributed by atoms with E-state index in [2.05, 4.69) is 16.0 Å². The Bertz CT molecular complexity index is 590. The van der Waals surface area contributed by atoms with Crippen LogP contribution >= 0.6 is 0 Å². The molecule has 152 valence electrons. The molecule has 5 N–H and O–H groups in total. The normalized spacial score (nSPS) is 25.5. The molecule has 0 unspecified atom stereocenters. The van der Waals surface area contributed by atoms with Gasteiger partial charge in [-0.05, 0) is 46.1 Å². The number of nitrogens with one attached hydrogen (secondary N) is 3. The molecular formula is C17H28N4O6. The maximum atomic E-state index is 12.5. The first kappa shape index (κ1) is 21.1. The van der Waals surface area contributed by atoms with Crippen LogP contribution in [0, 0.1) is 0 Å². The minimum atomic E-state index is -1.20. The third kappa shape index (κ3) is 5.16. The van der Waals surface area contributed by atoms with E-state index in [0.717, 1.165) is 13.0 Å². The van der Waals surface area contributed by atoms with E-state index in [9.17, 15) is 29.4 Å². The number of nitrogens with zero attached hydrogens (tertiary/aromatic N) is 1. The van der Waals surface area contributed by atoms with Crippen molar-refractivity contribution in [3.8, 4) is 0 Å². The summed E-state index contributed by atoms with van der Waals surface area (Å²) >= 11 is 0. The van der Waals surface area contributed by atoms with Gasteiger partial charge in [0.1, 0.15) is 18.1 Å². The summed E-state index contributed by atoms with van der Waals surface area (Å²) in [5.41, 5.74) is 0. The fourth-order valence-corrected chi connectivity index (χ4v) is 3.47. The number of carboxylic acids is 1. The molecule has 0 aromatic carbocycles. The Balaban J connectivity index is 1.96. The molecule has 2 aliphatic heterocycles. The van der Waals surface area contributed by atoms with Crippen LogP contribution in [0.3, 0.4) is 0 Å². The van der Waals surface area contributed by atoms with Crippen molar-refractivity contribution in [3.05, 3.63) is 0 Å². The van der Waals surface area contributed by atoms with Crippen LogP contribution in [0.5, 0.6) is 0 Å². The molecule has 3 amide bonds. The van der Waals surface area contributed by atoms with E-state index < -0.39 is 48.1 Å². The smallest absolute Gasteiger partial charge is 0.326 e. The molecule has 0 spiro atoms. The summed E-state index contributed by atoms with van der Waals surface area (Å²) in [4.78, 5) is 49.7. The number of aliphatic carboxylic acids is 1. The Morgan fingerprint density at radius 3 is 2.37 bits per heavy atom. The fourth-order valence-electron chi connectivity index (χ4n) is 3.47. The van der Waals surface area contributed by atoms with Crippen molar-refractivity contribution in [1.82, 2.24) is 20.9 Å². The molecule has 0 saturated carbocycles. The second-order valence-electron chi connectivity index (χ2n) is 7.13. The molecule has 10 nitrogen and oxygen atoms in total. The molecule has 27 heavy (non-hydrogen) atoms. The van der Waals surface area contributed by atoms with E-state index >= 15 is 0 Å². The van der Waals surface area contributed by atoms with Crippen molar-refractivity contribution in [1.29, 1.82) is 0 Å². The number of carbonyl (C=O) groups is 4. The monoisotopic (exact) mass is 384 g/mol. The first-order valence-corrected chi connectivity index (χ1v) is 9.28. The number of rotatable bonds is 7. The van der Waals surface area contributed by atoms with Gasteiger partial charge in [0, 0.05) is 6.54 Å². The van der Waals surface area contributed by atoms with E-state index in [-0.39, 0.29) is 5.91 Å². The number of hydrogen-bond acceptors (Lipinski definition) is 6. The predicted molar refractivity (Wildman–Crippen MR) is 94.6 cm³/mol. The van der Waals surface area contributed by atoms with E-state index in [0.29, 0.717) is 25.8 Å². The highest BCUT2D eigenvalue weighted by Gasteiger charge is 2.37. The van der Waals surface area contributed by atoms with Crippen molar-refractivity contribution in [2.75, 3.05) is 13.1 Å². The lowest BCUT2D eigenvalue weighted by atomic mass is 10.1. The molecule has 0 aromatic rings. The van der Waals surface area contributed by atoms with Gasteiger partial charge in [-0.1, -0.05) is 0 Å². The van der Waals surface area contributed by atoms with Crippen LogP contribution in [0.4, 0.5) is 0 Å². The number of aliphatic hydroxyl groups excluding tert-OH is 1. The quantitative estimate of drug-likeness (QED) is 0.347. The Hall–Kier alpha value is -2.20. The van der Waals surface area contributed by atoms with Crippen LogP contribution in [0.25, 0.3) is 0 Å². The van der Waals surface area contributed by atoms with Crippen molar-refractivity contribution >= 4 is 23.7 Å². The van der Waals surface area contributed by atoms with Crippen LogP contribution in [-0.4, -0.2) is 82.2 Å². The summed E-state index contributed by atoms with van der Waals surface area (Å²) in [6, 6.07) is -3.47. The molecule has 0 bridgehead atoms. The van der Waals surface area contributed by atoms with Gasteiger partial charge >= 0.3 is 5.97 Å². The van der Waals surface area contributed by atoms with Gasteiger partial charge in [-0.3, -0.25) is 14.4 Å². The van der Waals surface area contributed by atoms with Crippen molar-refractivity contribution < 1.29 is 29.4 Å². The SMILES string of the molecule is C[C@H](NC(=O)[C@@H](NC(=O)[C@@H]1CCCN1)[C@@H](C)O)C(=O)N1CCC[C@H]1C(=O)O. The van der Waals surface area contributed by atoms with Gasteiger partial charge in [0.2, 0.25) is 17.7 Å². The lowest BCUT2D eigenvalue weighted by Crippen LogP contribution is -2.59. The second-order valence-corrected chi connectivity index (χ2v) is 7.13. The van der Waals surface area contributed by atoms with Crippen LogP contribution in [-0.2, 0) is 19.2 Å². The summed E-state index contributed by atoms with van der Waals surface area (Å²) < 4.78 is 0. The summed E-state index contributed by atoms with van der Waals surface area (Å²) in [7, 11) is 0. The number of amides is 3. The first-order valence-electron chi connectivity index (χ1n) is 9.28. The average Bonchev–Trinajstić information content (AvgIpc) is 3.29. The van der Waals surface area contributed by atoms with E-state index in [1.807, 2.05) is 0 Å². The average molecular weight is 384 g/mol. The van der Waals surface area contributed by atoms with Crippen LogP contribution in [0.1, 0.15) is 39.5 Å². The molecule has 2 heterocycles. The van der Waals surface area contributed by atoms with Crippen LogP contribution in [0.15, 0.2) is 0 Å². The van der Waals surface area contributed by atoms with E-state index in [1.54, 1.807) is 0 Å². The zero-order chi connectivity index (χ0) is 20.1. The third-order valence-electron chi connectivity index (χ3n) is 4.99. The molecule has 0 aromatic heterocycles. The zero-order valence-electron chi connectivity index (χ0n) is 15.6.